The van der Waals surface area contributed by atoms with Gasteiger partial charge >= 0.3 is 0 Å². The first kappa shape index (κ1) is 13.8. The summed E-state index contributed by atoms with van der Waals surface area (Å²) in [6.45, 7) is -0.0264. The number of aliphatic hydroxyl groups excluding tert-OH is 1. The van der Waals surface area contributed by atoms with Crippen LogP contribution in [0.25, 0.3) is 11.3 Å². The Hall–Kier alpha value is -1.29. The summed E-state index contributed by atoms with van der Waals surface area (Å²) in [4.78, 5) is 0. The Morgan fingerprint density at radius 2 is 1.82 bits per heavy atom. The van der Waals surface area contributed by atoms with E-state index in [9.17, 15) is 0 Å². The van der Waals surface area contributed by atoms with Crippen molar-refractivity contribution in [2.45, 2.75) is 12.5 Å². The van der Waals surface area contributed by atoms with Crippen molar-refractivity contribution in [3.63, 3.8) is 0 Å². The number of hydrogen-bond donors (Lipinski definition) is 2. The minimum Gasteiger partial charge on any atom is -0.461 e. The summed E-state index contributed by atoms with van der Waals surface area (Å²) in [7, 11) is 0. The van der Waals surface area contributed by atoms with E-state index in [0.717, 1.165) is 17.1 Å². The van der Waals surface area contributed by atoms with Crippen LogP contribution < -0.4 is 5.73 Å². The summed E-state index contributed by atoms with van der Waals surface area (Å²) in [5.41, 5.74) is 6.69. The summed E-state index contributed by atoms with van der Waals surface area (Å²) in [5.74, 6) is 1.64. The summed E-state index contributed by atoms with van der Waals surface area (Å²) in [6.07, 6.45) is 0.559. The van der Waals surface area contributed by atoms with Gasteiger partial charge in [-0.3, -0.25) is 0 Å². The van der Waals surface area contributed by atoms with Crippen LogP contribution in [-0.4, -0.2) is 17.8 Å². The first-order valence-corrected chi connectivity index (χ1v) is 5.30. The van der Waals surface area contributed by atoms with Crippen LogP contribution in [0.2, 0.25) is 0 Å². The van der Waals surface area contributed by atoms with Crippen molar-refractivity contribution >= 4 is 12.4 Å². The molecule has 0 aliphatic heterocycles. The molecule has 0 amide bonds. The Morgan fingerprint density at radius 1 is 1.12 bits per heavy atom. The quantitative estimate of drug-likeness (QED) is 0.879. The molecule has 92 valence electrons. The predicted molar refractivity (Wildman–Crippen MR) is 70.2 cm³/mol. The molecule has 3 N–H and O–H groups in total. The third-order valence-electron chi connectivity index (χ3n) is 2.42. The number of rotatable bonds is 4. The summed E-state index contributed by atoms with van der Waals surface area (Å²) in [5, 5.41) is 8.85. The first-order chi connectivity index (χ1) is 7.79. The number of furan rings is 1. The third-order valence-corrected chi connectivity index (χ3v) is 2.42. The molecule has 1 aromatic heterocycles. The molecule has 0 saturated heterocycles. The molecule has 0 spiro atoms. The van der Waals surface area contributed by atoms with E-state index in [2.05, 4.69) is 0 Å². The van der Waals surface area contributed by atoms with E-state index in [1.807, 2.05) is 42.5 Å². The first-order valence-electron chi connectivity index (χ1n) is 5.30. The largest absolute Gasteiger partial charge is 0.461 e. The monoisotopic (exact) mass is 253 g/mol. The van der Waals surface area contributed by atoms with Gasteiger partial charge in [-0.2, -0.15) is 0 Å². The van der Waals surface area contributed by atoms with E-state index in [4.69, 9.17) is 15.3 Å². The van der Waals surface area contributed by atoms with E-state index < -0.39 is 0 Å². The highest BCUT2D eigenvalue weighted by molar-refractivity contribution is 5.85. The van der Waals surface area contributed by atoms with E-state index in [0.29, 0.717) is 6.42 Å². The van der Waals surface area contributed by atoms with Gasteiger partial charge in [0.2, 0.25) is 0 Å². The SMILES string of the molecule is Cl.NC(CO)Cc1ccc(-c2ccccc2)o1. The van der Waals surface area contributed by atoms with Gasteiger partial charge in [0.25, 0.3) is 0 Å². The molecular formula is C13H16ClNO2. The predicted octanol–water partition coefficient (Wildman–Crippen LogP) is 2.23. The van der Waals surface area contributed by atoms with Crippen LogP contribution in [0, 0.1) is 0 Å². The minimum atomic E-state index is -0.255. The highest BCUT2D eigenvalue weighted by Crippen LogP contribution is 2.22. The van der Waals surface area contributed by atoms with Crippen molar-refractivity contribution in [1.82, 2.24) is 0 Å². The number of aliphatic hydroxyl groups is 1. The lowest BCUT2D eigenvalue weighted by Crippen LogP contribution is -2.26. The smallest absolute Gasteiger partial charge is 0.134 e. The summed E-state index contributed by atoms with van der Waals surface area (Å²) in [6, 6.07) is 13.5. The molecule has 0 bridgehead atoms. The Morgan fingerprint density at radius 3 is 2.47 bits per heavy atom. The fourth-order valence-corrected chi connectivity index (χ4v) is 1.57. The fourth-order valence-electron chi connectivity index (χ4n) is 1.57. The molecule has 1 heterocycles. The highest BCUT2D eigenvalue weighted by Gasteiger charge is 2.07. The second kappa shape index (κ2) is 6.45. The molecular weight excluding hydrogens is 238 g/mol. The van der Waals surface area contributed by atoms with E-state index in [1.54, 1.807) is 0 Å². The summed E-state index contributed by atoms with van der Waals surface area (Å²) >= 11 is 0. The van der Waals surface area contributed by atoms with Crippen LogP contribution in [0.15, 0.2) is 46.9 Å². The lowest BCUT2D eigenvalue weighted by atomic mass is 10.2. The van der Waals surface area contributed by atoms with Crippen LogP contribution in [0.5, 0.6) is 0 Å². The third kappa shape index (κ3) is 3.60. The lowest BCUT2D eigenvalue weighted by Gasteiger charge is -2.04. The molecule has 2 aromatic rings. The maximum Gasteiger partial charge on any atom is 0.134 e. The molecule has 17 heavy (non-hydrogen) atoms. The maximum atomic E-state index is 8.85. The lowest BCUT2D eigenvalue weighted by molar-refractivity contribution is 0.260. The molecule has 1 unspecified atom stereocenters. The Kier molecular flexibility index (Phi) is 5.22. The number of hydrogen-bond acceptors (Lipinski definition) is 3. The van der Waals surface area contributed by atoms with Crippen molar-refractivity contribution < 1.29 is 9.52 Å². The molecule has 2 rings (SSSR count). The summed E-state index contributed by atoms with van der Waals surface area (Å²) < 4.78 is 5.65. The Labute approximate surface area is 107 Å². The molecule has 1 aromatic carbocycles. The van der Waals surface area contributed by atoms with Gasteiger partial charge in [0, 0.05) is 18.0 Å². The zero-order chi connectivity index (χ0) is 11.4. The van der Waals surface area contributed by atoms with E-state index >= 15 is 0 Å². The van der Waals surface area contributed by atoms with Crippen molar-refractivity contribution in [3.8, 4) is 11.3 Å². The van der Waals surface area contributed by atoms with Crippen molar-refractivity contribution in [2.24, 2.45) is 5.73 Å². The van der Waals surface area contributed by atoms with Gasteiger partial charge in [0.1, 0.15) is 11.5 Å². The van der Waals surface area contributed by atoms with Gasteiger partial charge in [-0.1, -0.05) is 30.3 Å². The standard InChI is InChI=1S/C13H15NO2.ClH/c14-11(9-15)8-12-6-7-13(16-12)10-4-2-1-3-5-10;/h1-7,11,15H,8-9,14H2;1H. The van der Waals surface area contributed by atoms with E-state index in [1.165, 1.54) is 0 Å². The molecule has 0 aliphatic rings. The highest BCUT2D eigenvalue weighted by atomic mass is 35.5. The van der Waals surface area contributed by atoms with Gasteiger partial charge in [0.15, 0.2) is 0 Å². The molecule has 4 heteroatoms. The van der Waals surface area contributed by atoms with Crippen LogP contribution in [0.3, 0.4) is 0 Å². The average molecular weight is 254 g/mol. The topological polar surface area (TPSA) is 59.4 Å². The number of benzene rings is 1. The molecule has 0 fully saturated rings. The van der Waals surface area contributed by atoms with Crippen molar-refractivity contribution in [1.29, 1.82) is 0 Å². The Bertz CT molecular complexity index is 442. The average Bonchev–Trinajstić information content (AvgIpc) is 2.78. The molecule has 0 saturated carbocycles. The zero-order valence-electron chi connectivity index (χ0n) is 9.37. The van der Waals surface area contributed by atoms with Gasteiger partial charge < -0.3 is 15.3 Å². The molecule has 1 atom stereocenters. The number of nitrogens with two attached hydrogens (primary N) is 1. The van der Waals surface area contributed by atoms with Crippen LogP contribution >= 0.6 is 12.4 Å². The van der Waals surface area contributed by atoms with Crippen molar-refractivity contribution in [2.75, 3.05) is 6.61 Å². The van der Waals surface area contributed by atoms with Crippen LogP contribution in [0.4, 0.5) is 0 Å². The van der Waals surface area contributed by atoms with Crippen LogP contribution in [-0.2, 0) is 6.42 Å². The van der Waals surface area contributed by atoms with E-state index in [-0.39, 0.29) is 25.1 Å². The Balaban J connectivity index is 0.00000144. The molecule has 0 radical (unpaired) electrons. The maximum absolute atomic E-state index is 8.85. The second-order valence-electron chi connectivity index (χ2n) is 3.78. The zero-order valence-corrected chi connectivity index (χ0v) is 10.2. The van der Waals surface area contributed by atoms with Gasteiger partial charge in [-0.05, 0) is 12.1 Å². The fraction of sp³-hybridized carbons (Fsp3) is 0.231. The normalized spacial score (nSPS) is 11.9. The number of halogens is 1. The second-order valence-corrected chi connectivity index (χ2v) is 3.78. The van der Waals surface area contributed by atoms with Crippen LogP contribution in [0.1, 0.15) is 5.76 Å². The molecule has 3 nitrogen and oxygen atoms in total. The minimum absolute atomic E-state index is 0. The van der Waals surface area contributed by atoms with Gasteiger partial charge in [0.05, 0.1) is 6.61 Å². The van der Waals surface area contributed by atoms with Gasteiger partial charge in [-0.25, -0.2) is 0 Å². The molecule has 0 aliphatic carbocycles. The van der Waals surface area contributed by atoms with Gasteiger partial charge in [-0.15, -0.1) is 12.4 Å². The van der Waals surface area contributed by atoms with Crippen molar-refractivity contribution in [3.05, 3.63) is 48.2 Å².